The Balaban J connectivity index is 1.59. The van der Waals surface area contributed by atoms with Crippen LogP contribution in [0.15, 0.2) is 84.9 Å². The number of hydrogen-bond donors (Lipinski definition) is 2. The van der Waals surface area contributed by atoms with Gasteiger partial charge in [0.05, 0.1) is 22.8 Å². The highest BCUT2D eigenvalue weighted by Crippen LogP contribution is 2.50. The van der Waals surface area contributed by atoms with Gasteiger partial charge in [-0.1, -0.05) is 84.9 Å². The number of rotatable bonds is 0. The van der Waals surface area contributed by atoms with Gasteiger partial charge in [-0.2, -0.15) is 0 Å². The van der Waals surface area contributed by atoms with E-state index in [4.69, 9.17) is 0 Å². The number of anilines is 2. The van der Waals surface area contributed by atoms with Gasteiger partial charge in [-0.15, -0.1) is 0 Å². The molecule has 0 saturated heterocycles. The largest absolute Gasteiger partial charge is 0.351 e. The van der Waals surface area contributed by atoms with Crippen LogP contribution in [0.5, 0.6) is 0 Å². The molecule has 2 nitrogen and oxygen atoms in total. The van der Waals surface area contributed by atoms with Crippen molar-refractivity contribution in [2.75, 3.05) is 10.6 Å². The maximum Gasteiger partial charge on any atom is 0.0710 e. The normalized spacial score (nSPS) is 14.1. The lowest BCUT2D eigenvalue weighted by molar-refractivity contribution is 1.54. The van der Waals surface area contributed by atoms with Gasteiger partial charge in [0, 0.05) is 27.3 Å². The van der Waals surface area contributed by atoms with Gasteiger partial charge in [0.25, 0.3) is 0 Å². The van der Waals surface area contributed by atoms with Crippen LogP contribution in [0.1, 0.15) is 11.1 Å². The van der Waals surface area contributed by atoms with Crippen molar-refractivity contribution in [3.05, 3.63) is 96.1 Å². The van der Waals surface area contributed by atoms with Crippen molar-refractivity contribution in [2.45, 2.75) is 0 Å². The van der Waals surface area contributed by atoms with E-state index in [2.05, 4.69) is 95.6 Å². The van der Waals surface area contributed by atoms with Crippen molar-refractivity contribution < 1.29 is 0 Å². The average molecular weight is 356 g/mol. The lowest BCUT2D eigenvalue weighted by atomic mass is 9.96. The van der Waals surface area contributed by atoms with Crippen LogP contribution in [-0.2, 0) is 0 Å². The van der Waals surface area contributed by atoms with Crippen molar-refractivity contribution in [1.82, 2.24) is 0 Å². The fourth-order valence-corrected chi connectivity index (χ4v) is 4.94. The molecule has 5 aromatic carbocycles. The van der Waals surface area contributed by atoms with E-state index in [9.17, 15) is 0 Å². The highest BCUT2D eigenvalue weighted by atomic mass is 15.1. The van der Waals surface area contributed by atoms with Crippen LogP contribution in [0.4, 0.5) is 11.4 Å². The molecule has 0 unspecified atom stereocenters. The summed E-state index contributed by atoms with van der Waals surface area (Å²) in [5.74, 6) is 0. The fourth-order valence-electron chi connectivity index (χ4n) is 4.94. The molecule has 1 aliphatic heterocycles. The minimum Gasteiger partial charge on any atom is -0.351 e. The molecule has 28 heavy (non-hydrogen) atoms. The zero-order valence-corrected chi connectivity index (χ0v) is 15.1. The molecule has 0 aromatic heterocycles. The molecule has 1 heterocycles. The fraction of sp³-hybridized carbons (Fsp3) is 0. The van der Waals surface area contributed by atoms with E-state index in [0.717, 1.165) is 11.4 Å². The van der Waals surface area contributed by atoms with Gasteiger partial charge in [0.2, 0.25) is 0 Å². The Morgan fingerprint density at radius 1 is 0.429 bits per heavy atom. The first kappa shape index (κ1) is 14.3. The second-order valence-corrected chi connectivity index (χ2v) is 7.55. The summed E-state index contributed by atoms with van der Waals surface area (Å²) < 4.78 is 0. The Morgan fingerprint density at radius 2 is 0.893 bits per heavy atom. The van der Waals surface area contributed by atoms with Gasteiger partial charge in [-0.05, 0) is 16.2 Å². The first-order chi connectivity index (χ1) is 13.9. The zero-order chi connectivity index (χ0) is 18.2. The molecular weight excluding hydrogens is 340 g/mol. The SMILES string of the molecule is c1cc2c3c(cccc3c1)C1=C2Nc2c(c3ccccc3c3ccccc23)N1. The molecule has 130 valence electrons. The topological polar surface area (TPSA) is 24.1 Å². The number of hydrogen-bond acceptors (Lipinski definition) is 2. The van der Waals surface area contributed by atoms with Gasteiger partial charge in [-0.25, -0.2) is 0 Å². The molecule has 1 aliphatic carbocycles. The van der Waals surface area contributed by atoms with Crippen LogP contribution < -0.4 is 10.6 Å². The van der Waals surface area contributed by atoms with Crippen molar-refractivity contribution in [2.24, 2.45) is 0 Å². The van der Waals surface area contributed by atoms with E-state index in [-0.39, 0.29) is 0 Å². The first-order valence-corrected chi connectivity index (χ1v) is 9.64. The van der Waals surface area contributed by atoms with Crippen LogP contribution >= 0.6 is 0 Å². The Bertz CT molecular complexity index is 1400. The van der Waals surface area contributed by atoms with Gasteiger partial charge in [0.15, 0.2) is 0 Å². The second kappa shape index (κ2) is 4.93. The molecule has 7 rings (SSSR count). The summed E-state index contributed by atoms with van der Waals surface area (Å²) in [5.41, 5.74) is 7.24. The van der Waals surface area contributed by atoms with E-state index >= 15 is 0 Å². The minimum absolute atomic E-state index is 1.16. The highest BCUT2D eigenvalue weighted by Gasteiger charge is 2.30. The Hall–Kier alpha value is -3.78. The monoisotopic (exact) mass is 356 g/mol. The van der Waals surface area contributed by atoms with Gasteiger partial charge in [0.1, 0.15) is 0 Å². The lowest BCUT2D eigenvalue weighted by Gasteiger charge is -2.26. The van der Waals surface area contributed by atoms with E-state index in [0.29, 0.717) is 0 Å². The van der Waals surface area contributed by atoms with Gasteiger partial charge >= 0.3 is 0 Å². The summed E-state index contributed by atoms with van der Waals surface area (Å²) in [6.45, 7) is 0. The molecule has 0 fully saturated rings. The summed E-state index contributed by atoms with van der Waals surface area (Å²) in [4.78, 5) is 0. The predicted octanol–water partition coefficient (Wildman–Crippen LogP) is 6.82. The van der Waals surface area contributed by atoms with Crippen LogP contribution in [0.25, 0.3) is 43.7 Å². The maximum atomic E-state index is 3.82. The first-order valence-electron chi connectivity index (χ1n) is 9.64. The third-order valence-corrected chi connectivity index (χ3v) is 6.13. The standard InChI is InChI=1S/C26H16N2/c1-3-11-18-16(9-1)17-10-2-4-12-19(17)24-23(18)27-25-20-13-5-7-15-8-6-14-21(22(15)20)26(25)28-24/h1-14,27-28H. The summed E-state index contributed by atoms with van der Waals surface area (Å²) in [7, 11) is 0. The molecule has 2 N–H and O–H groups in total. The van der Waals surface area contributed by atoms with Crippen LogP contribution in [0, 0.1) is 0 Å². The van der Waals surface area contributed by atoms with Gasteiger partial charge in [-0.3, -0.25) is 0 Å². The molecular formula is C26H16N2. The van der Waals surface area contributed by atoms with Crippen molar-refractivity contribution >= 4 is 55.1 Å². The van der Waals surface area contributed by atoms with Crippen LogP contribution in [0.2, 0.25) is 0 Å². The molecule has 0 saturated carbocycles. The van der Waals surface area contributed by atoms with E-state index in [1.54, 1.807) is 0 Å². The van der Waals surface area contributed by atoms with Crippen LogP contribution in [-0.4, -0.2) is 0 Å². The summed E-state index contributed by atoms with van der Waals surface area (Å²) >= 11 is 0. The molecule has 5 aromatic rings. The van der Waals surface area contributed by atoms with Crippen LogP contribution in [0.3, 0.4) is 0 Å². The maximum absolute atomic E-state index is 3.82. The zero-order valence-electron chi connectivity index (χ0n) is 15.1. The summed E-state index contributed by atoms with van der Waals surface area (Å²) in [6, 6.07) is 30.4. The highest BCUT2D eigenvalue weighted by molar-refractivity contribution is 6.28. The molecule has 0 radical (unpaired) electrons. The van der Waals surface area contributed by atoms with Crippen molar-refractivity contribution in [3.8, 4) is 0 Å². The number of fused-ring (bicyclic) bond motifs is 8. The molecule has 0 spiro atoms. The predicted molar refractivity (Wildman–Crippen MR) is 119 cm³/mol. The molecule has 0 atom stereocenters. The smallest absolute Gasteiger partial charge is 0.0710 e. The quantitative estimate of drug-likeness (QED) is 0.297. The van der Waals surface area contributed by atoms with Gasteiger partial charge < -0.3 is 10.6 Å². The van der Waals surface area contributed by atoms with Crippen molar-refractivity contribution in [3.63, 3.8) is 0 Å². The van der Waals surface area contributed by atoms with E-state index in [1.165, 1.54) is 54.8 Å². The van der Waals surface area contributed by atoms with Crippen molar-refractivity contribution in [1.29, 1.82) is 0 Å². The average Bonchev–Trinajstić information content (AvgIpc) is 3.08. The lowest BCUT2D eigenvalue weighted by Crippen LogP contribution is -2.13. The molecule has 2 heteroatoms. The summed E-state index contributed by atoms with van der Waals surface area (Å²) in [5, 5.41) is 15.3. The second-order valence-electron chi connectivity index (χ2n) is 7.55. The van der Waals surface area contributed by atoms with E-state index < -0.39 is 0 Å². The minimum atomic E-state index is 1.16. The Kier molecular flexibility index (Phi) is 2.52. The molecule has 0 bridgehead atoms. The van der Waals surface area contributed by atoms with E-state index in [1.807, 2.05) is 0 Å². The molecule has 0 amide bonds. The number of benzene rings is 5. The third-order valence-electron chi connectivity index (χ3n) is 6.13. The number of nitrogens with one attached hydrogen (secondary N) is 2. The summed E-state index contributed by atoms with van der Waals surface area (Å²) in [6.07, 6.45) is 0. The Morgan fingerprint density at radius 3 is 1.39 bits per heavy atom. The molecule has 2 aliphatic rings. The third kappa shape index (κ3) is 1.64. The Labute approximate surface area is 162 Å².